The highest BCUT2D eigenvalue weighted by atomic mass is 16.5. The van der Waals surface area contributed by atoms with Crippen LogP contribution in [0.15, 0.2) is 18.2 Å². The second-order valence-corrected chi connectivity index (χ2v) is 6.14. The van der Waals surface area contributed by atoms with Crippen molar-refractivity contribution in [2.45, 2.75) is 45.6 Å². The topological polar surface area (TPSA) is 33.7 Å². The molecule has 0 amide bonds. The van der Waals surface area contributed by atoms with Gasteiger partial charge in [0.15, 0.2) is 11.5 Å². The Labute approximate surface area is 141 Å². The van der Waals surface area contributed by atoms with Crippen molar-refractivity contribution in [2.75, 3.05) is 39.9 Å². The van der Waals surface area contributed by atoms with Crippen molar-refractivity contribution in [1.29, 1.82) is 0 Å². The molecule has 0 aliphatic carbocycles. The van der Waals surface area contributed by atoms with E-state index in [2.05, 4.69) is 35.3 Å². The molecule has 0 radical (unpaired) electrons. The molecule has 0 spiro atoms. The standard InChI is InChI=1S/C19H32N2O2/c1-4-6-8-17(21-13-7-11-20-12-14-21)16-9-10-18(22-3)19(15-16)23-5-2/h9-10,15,17,20H,4-8,11-14H2,1-3H3. The first-order valence-corrected chi connectivity index (χ1v) is 9.05. The highest BCUT2D eigenvalue weighted by Crippen LogP contribution is 2.34. The number of nitrogens with zero attached hydrogens (tertiary/aromatic N) is 1. The first kappa shape index (κ1) is 18.1. The molecule has 0 bridgehead atoms. The third kappa shape index (κ3) is 5.11. The molecule has 1 aromatic rings. The highest BCUT2D eigenvalue weighted by Gasteiger charge is 2.22. The molecule has 2 rings (SSSR count). The zero-order valence-electron chi connectivity index (χ0n) is 14.9. The smallest absolute Gasteiger partial charge is 0.161 e. The lowest BCUT2D eigenvalue weighted by molar-refractivity contribution is 0.196. The van der Waals surface area contributed by atoms with Crippen LogP contribution in [0.2, 0.25) is 0 Å². The van der Waals surface area contributed by atoms with Crippen LogP contribution < -0.4 is 14.8 Å². The average molecular weight is 320 g/mol. The lowest BCUT2D eigenvalue weighted by atomic mass is 9.98. The second-order valence-electron chi connectivity index (χ2n) is 6.14. The molecule has 4 nitrogen and oxygen atoms in total. The molecule has 1 heterocycles. The zero-order chi connectivity index (χ0) is 16.5. The Bertz CT molecular complexity index is 457. The van der Waals surface area contributed by atoms with Gasteiger partial charge in [0.25, 0.3) is 0 Å². The molecule has 1 fully saturated rings. The minimum Gasteiger partial charge on any atom is -0.493 e. The number of nitrogens with one attached hydrogen (secondary N) is 1. The molecular formula is C19H32N2O2. The number of ether oxygens (including phenoxy) is 2. The molecule has 1 N–H and O–H groups in total. The second kappa shape index (κ2) is 9.78. The van der Waals surface area contributed by atoms with Crippen LogP contribution in [0.3, 0.4) is 0 Å². The maximum Gasteiger partial charge on any atom is 0.161 e. The van der Waals surface area contributed by atoms with Crippen LogP contribution in [0, 0.1) is 0 Å². The predicted molar refractivity (Wildman–Crippen MR) is 95.5 cm³/mol. The molecule has 1 aliphatic heterocycles. The van der Waals surface area contributed by atoms with E-state index in [1.807, 2.05) is 6.92 Å². The van der Waals surface area contributed by atoms with E-state index in [-0.39, 0.29) is 0 Å². The number of hydrogen-bond donors (Lipinski definition) is 1. The molecule has 130 valence electrons. The Morgan fingerprint density at radius 2 is 2.04 bits per heavy atom. The summed E-state index contributed by atoms with van der Waals surface area (Å²) in [5.74, 6) is 1.68. The Morgan fingerprint density at radius 1 is 1.17 bits per heavy atom. The number of rotatable bonds is 8. The van der Waals surface area contributed by atoms with Gasteiger partial charge in [0, 0.05) is 25.7 Å². The van der Waals surface area contributed by atoms with E-state index in [1.165, 1.54) is 31.2 Å². The number of unbranched alkanes of at least 4 members (excludes halogenated alkanes) is 1. The normalized spacial score (nSPS) is 17.5. The van der Waals surface area contributed by atoms with Crippen LogP contribution in [0.4, 0.5) is 0 Å². The summed E-state index contributed by atoms with van der Waals surface area (Å²) in [6, 6.07) is 6.91. The fourth-order valence-electron chi connectivity index (χ4n) is 3.30. The highest BCUT2D eigenvalue weighted by molar-refractivity contribution is 5.44. The number of hydrogen-bond acceptors (Lipinski definition) is 4. The molecule has 1 unspecified atom stereocenters. The van der Waals surface area contributed by atoms with E-state index < -0.39 is 0 Å². The van der Waals surface area contributed by atoms with Crippen molar-refractivity contribution in [3.8, 4) is 11.5 Å². The van der Waals surface area contributed by atoms with Gasteiger partial charge in [0.1, 0.15) is 0 Å². The summed E-state index contributed by atoms with van der Waals surface area (Å²) in [5, 5.41) is 3.50. The monoisotopic (exact) mass is 320 g/mol. The van der Waals surface area contributed by atoms with Crippen LogP contribution in [-0.4, -0.2) is 44.8 Å². The Balaban J connectivity index is 2.24. The van der Waals surface area contributed by atoms with E-state index in [4.69, 9.17) is 9.47 Å². The van der Waals surface area contributed by atoms with Crippen molar-refractivity contribution in [2.24, 2.45) is 0 Å². The molecule has 0 saturated carbocycles. The van der Waals surface area contributed by atoms with Gasteiger partial charge in [0.2, 0.25) is 0 Å². The summed E-state index contributed by atoms with van der Waals surface area (Å²) in [6.45, 7) is 9.43. The molecule has 4 heteroatoms. The first-order chi connectivity index (χ1) is 11.3. The van der Waals surface area contributed by atoms with Gasteiger partial charge in [0.05, 0.1) is 13.7 Å². The Morgan fingerprint density at radius 3 is 2.78 bits per heavy atom. The fraction of sp³-hybridized carbons (Fsp3) is 0.684. The van der Waals surface area contributed by atoms with Gasteiger partial charge < -0.3 is 14.8 Å². The third-order valence-corrected chi connectivity index (χ3v) is 4.52. The maximum atomic E-state index is 5.78. The van der Waals surface area contributed by atoms with Crippen LogP contribution in [-0.2, 0) is 0 Å². The molecular weight excluding hydrogens is 288 g/mol. The lowest BCUT2D eigenvalue weighted by Crippen LogP contribution is -2.32. The van der Waals surface area contributed by atoms with Gasteiger partial charge in [-0.1, -0.05) is 25.8 Å². The number of methoxy groups -OCH3 is 1. The summed E-state index contributed by atoms with van der Waals surface area (Å²) in [7, 11) is 1.70. The molecule has 1 atom stereocenters. The lowest BCUT2D eigenvalue weighted by Gasteiger charge is -2.31. The van der Waals surface area contributed by atoms with Crippen molar-refractivity contribution in [1.82, 2.24) is 10.2 Å². The quantitative estimate of drug-likeness (QED) is 0.793. The minimum absolute atomic E-state index is 0.472. The third-order valence-electron chi connectivity index (χ3n) is 4.52. The van der Waals surface area contributed by atoms with Crippen molar-refractivity contribution >= 4 is 0 Å². The fourth-order valence-corrected chi connectivity index (χ4v) is 3.30. The molecule has 1 aromatic carbocycles. The number of benzene rings is 1. The van der Waals surface area contributed by atoms with E-state index >= 15 is 0 Å². The van der Waals surface area contributed by atoms with E-state index in [9.17, 15) is 0 Å². The molecule has 1 saturated heterocycles. The Kier molecular flexibility index (Phi) is 7.69. The van der Waals surface area contributed by atoms with Gasteiger partial charge in [-0.2, -0.15) is 0 Å². The van der Waals surface area contributed by atoms with Crippen LogP contribution in [0.1, 0.15) is 51.1 Å². The van der Waals surface area contributed by atoms with Gasteiger partial charge in [-0.05, 0) is 44.0 Å². The van der Waals surface area contributed by atoms with Crippen LogP contribution in [0.25, 0.3) is 0 Å². The van der Waals surface area contributed by atoms with Crippen LogP contribution >= 0.6 is 0 Å². The SMILES string of the molecule is CCCCC(c1ccc(OC)c(OCC)c1)N1CCCNCC1. The average Bonchev–Trinajstić information content (AvgIpc) is 2.85. The van der Waals surface area contributed by atoms with Gasteiger partial charge in [-0.15, -0.1) is 0 Å². The molecule has 1 aliphatic rings. The summed E-state index contributed by atoms with van der Waals surface area (Å²) in [4.78, 5) is 2.63. The van der Waals surface area contributed by atoms with E-state index in [0.717, 1.165) is 37.7 Å². The first-order valence-electron chi connectivity index (χ1n) is 9.05. The van der Waals surface area contributed by atoms with Gasteiger partial charge >= 0.3 is 0 Å². The van der Waals surface area contributed by atoms with Crippen LogP contribution in [0.5, 0.6) is 11.5 Å². The van der Waals surface area contributed by atoms with Gasteiger partial charge in [-0.3, -0.25) is 4.90 Å². The minimum atomic E-state index is 0.472. The van der Waals surface area contributed by atoms with Crippen molar-refractivity contribution in [3.63, 3.8) is 0 Å². The summed E-state index contributed by atoms with van der Waals surface area (Å²) in [6.07, 6.45) is 4.91. The van der Waals surface area contributed by atoms with Crippen molar-refractivity contribution < 1.29 is 9.47 Å². The predicted octanol–water partition coefficient (Wildman–Crippen LogP) is 3.62. The van der Waals surface area contributed by atoms with Gasteiger partial charge in [-0.25, -0.2) is 0 Å². The van der Waals surface area contributed by atoms with E-state index in [0.29, 0.717) is 12.6 Å². The molecule has 0 aromatic heterocycles. The summed E-state index contributed by atoms with van der Waals surface area (Å²) in [5.41, 5.74) is 1.35. The van der Waals surface area contributed by atoms with Crippen molar-refractivity contribution in [3.05, 3.63) is 23.8 Å². The van der Waals surface area contributed by atoms with E-state index in [1.54, 1.807) is 7.11 Å². The zero-order valence-corrected chi connectivity index (χ0v) is 14.9. The summed E-state index contributed by atoms with van der Waals surface area (Å²) >= 11 is 0. The largest absolute Gasteiger partial charge is 0.493 e. The maximum absolute atomic E-state index is 5.78. The Hall–Kier alpha value is -1.26. The summed E-state index contributed by atoms with van der Waals surface area (Å²) < 4.78 is 11.2. The molecule has 23 heavy (non-hydrogen) atoms.